The molecule has 1 atom stereocenters. The lowest BCUT2D eigenvalue weighted by Crippen LogP contribution is -2.53. The van der Waals surface area contributed by atoms with Crippen LogP contribution in [0.4, 0.5) is 17.6 Å². The fourth-order valence-electron chi connectivity index (χ4n) is 3.28. The summed E-state index contributed by atoms with van der Waals surface area (Å²) in [7, 11) is 0. The Bertz CT molecular complexity index is 523. The van der Waals surface area contributed by atoms with Gasteiger partial charge < -0.3 is 10.1 Å². The first-order valence-electron chi connectivity index (χ1n) is 7.15. The van der Waals surface area contributed by atoms with Gasteiger partial charge in [-0.25, -0.2) is 4.39 Å². The van der Waals surface area contributed by atoms with Crippen molar-refractivity contribution in [3.8, 4) is 5.75 Å². The van der Waals surface area contributed by atoms with Gasteiger partial charge in [-0.3, -0.25) is 0 Å². The Morgan fingerprint density at radius 2 is 1.86 bits per heavy atom. The van der Waals surface area contributed by atoms with Gasteiger partial charge in [0, 0.05) is 5.41 Å². The number of benzene rings is 1. The number of piperidine rings is 1. The van der Waals surface area contributed by atoms with Gasteiger partial charge in [0.15, 0.2) is 11.6 Å². The molecule has 1 unspecified atom stereocenters. The van der Waals surface area contributed by atoms with Crippen molar-refractivity contribution < 1.29 is 22.3 Å². The molecule has 1 aliphatic carbocycles. The van der Waals surface area contributed by atoms with Crippen LogP contribution < -0.4 is 10.1 Å². The third kappa shape index (κ3) is 2.73. The normalized spacial score (nSPS) is 24.7. The molecular formula is C15H17F4NO. The SMILES string of the molecule is Fc1cc(C(F)(F)F)ccc1OC1CCC12CCNCC2. The maximum Gasteiger partial charge on any atom is 0.416 e. The zero-order valence-electron chi connectivity index (χ0n) is 11.5. The summed E-state index contributed by atoms with van der Waals surface area (Å²) < 4.78 is 57.0. The lowest BCUT2D eigenvalue weighted by Gasteiger charge is -2.51. The third-order valence-electron chi connectivity index (χ3n) is 4.72. The van der Waals surface area contributed by atoms with E-state index in [0.29, 0.717) is 6.07 Å². The Balaban J connectivity index is 1.73. The van der Waals surface area contributed by atoms with Gasteiger partial charge in [-0.2, -0.15) is 13.2 Å². The van der Waals surface area contributed by atoms with Crippen molar-refractivity contribution in [1.29, 1.82) is 0 Å². The summed E-state index contributed by atoms with van der Waals surface area (Å²) in [6.07, 6.45) is -0.806. The number of ether oxygens (including phenoxy) is 1. The van der Waals surface area contributed by atoms with Crippen LogP contribution in [-0.2, 0) is 6.18 Å². The molecular weight excluding hydrogens is 286 g/mol. The molecule has 3 rings (SSSR count). The van der Waals surface area contributed by atoms with Crippen LogP contribution in [-0.4, -0.2) is 19.2 Å². The molecule has 21 heavy (non-hydrogen) atoms. The summed E-state index contributed by atoms with van der Waals surface area (Å²) in [5.41, 5.74) is -0.919. The van der Waals surface area contributed by atoms with E-state index in [9.17, 15) is 17.6 Å². The zero-order valence-corrected chi connectivity index (χ0v) is 11.5. The number of halogens is 4. The predicted molar refractivity (Wildman–Crippen MR) is 69.6 cm³/mol. The molecule has 1 saturated heterocycles. The minimum atomic E-state index is -4.54. The Kier molecular flexibility index (Phi) is 3.59. The Morgan fingerprint density at radius 1 is 1.14 bits per heavy atom. The third-order valence-corrected chi connectivity index (χ3v) is 4.72. The van der Waals surface area contributed by atoms with E-state index in [1.165, 1.54) is 0 Å². The van der Waals surface area contributed by atoms with E-state index in [0.717, 1.165) is 50.9 Å². The molecule has 0 aromatic heterocycles. The quantitative estimate of drug-likeness (QED) is 0.840. The van der Waals surface area contributed by atoms with E-state index in [2.05, 4.69) is 5.32 Å². The molecule has 1 heterocycles. The van der Waals surface area contributed by atoms with Crippen molar-refractivity contribution in [3.63, 3.8) is 0 Å². The first-order valence-corrected chi connectivity index (χ1v) is 7.15. The van der Waals surface area contributed by atoms with Gasteiger partial charge in [-0.15, -0.1) is 0 Å². The lowest BCUT2D eigenvalue weighted by molar-refractivity contribution is -0.137. The topological polar surface area (TPSA) is 21.3 Å². The van der Waals surface area contributed by atoms with Crippen molar-refractivity contribution in [2.75, 3.05) is 13.1 Å². The average Bonchev–Trinajstić information content (AvgIpc) is 2.44. The molecule has 2 nitrogen and oxygen atoms in total. The molecule has 6 heteroatoms. The van der Waals surface area contributed by atoms with Crippen LogP contribution in [0.15, 0.2) is 18.2 Å². The van der Waals surface area contributed by atoms with Crippen LogP contribution in [0.25, 0.3) is 0 Å². The second kappa shape index (κ2) is 5.16. The van der Waals surface area contributed by atoms with Gasteiger partial charge in [0.05, 0.1) is 5.56 Å². The van der Waals surface area contributed by atoms with Gasteiger partial charge in [0.25, 0.3) is 0 Å². The molecule has 2 fully saturated rings. The average molecular weight is 303 g/mol. The second-order valence-corrected chi connectivity index (χ2v) is 5.90. The summed E-state index contributed by atoms with van der Waals surface area (Å²) in [6.45, 7) is 1.82. The van der Waals surface area contributed by atoms with Gasteiger partial charge in [-0.05, 0) is 57.0 Å². The fourth-order valence-corrected chi connectivity index (χ4v) is 3.28. The van der Waals surface area contributed by atoms with Crippen molar-refractivity contribution in [2.45, 2.75) is 38.0 Å². The van der Waals surface area contributed by atoms with E-state index in [1.807, 2.05) is 0 Å². The van der Waals surface area contributed by atoms with Crippen LogP contribution in [0.3, 0.4) is 0 Å². The predicted octanol–water partition coefficient (Wildman–Crippen LogP) is 3.76. The monoisotopic (exact) mass is 303 g/mol. The first-order chi connectivity index (χ1) is 9.91. The van der Waals surface area contributed by atoms with Crippen molar-refractivity contribution in [2.24, 2.45) is 5.41 Å². The number of alkyl halides is 3. The molecule has 1 spiro atoms. The Morgan fingerprint density at radius 3 is 2.38 bits per heavy atom. The summed E-state index contributed by atoms with van der Waals surface area (Å²) >= 11 is 0. The summed E-state index contributed by atoms with van der Waals surface area (Å²) in [6, 6.07) is 2.46. The first kappa shape index (κ1) is 14.6. The zero-order chi connectivity index (χ0) is 15.1. The summed E-state index contributed by atoms with van der Waals surface area (Å²) in [4.78, 5) is 0. The van der Waals surface area contributed by atoms with E-state index >= 15 is 0 Å². The number of hydrogen-bond donors (Lipinski definition) is 1. The fraction of sp³-hybridized carbons (Fsp3) is 0.600. The van der Waals surface area contributed by atoms with Crippen LogP contribution in [0.2, 0.25) is 0 Å². The maximum atomic E-state index is 13.8. The molecule has 1 saturated carbocycles. The highest BCUT2D eigenvalue weighted by molar-refractivity contribution is 5.31. The molecule has 0 amide bonds. The van der Waals surface area contributed by atoms with Crippen molar-refractivity contribution in [3.05, 3.63) is 29.6 Å². The lowest BCUT2D eigenvalue weighted by atomic mass is 9.61. The molecule has 1 aromatic rings. The van der Waals surface area contributed by atoms with Crippen molar-refractivity contribution >= 4 is 0 Å². The number of rotatable bonds is 2. The van der Waals surface area contributed by atoms with Gasteiger partial charge in [0.1, 0.15) is 6.10 Å². The maximum absolute atomic E-state index is 13.8. The molecule has 1 N–H and O–H groups in total. The van der Waals surface area contributed by atoms with E-state index in [1.54, 1.807) is 0 Å². The van der Waals surface area contributed by atoms with E-state index < -0.39 is 17.6 Å². The van der Waals surface area contributed by atoms with Crippen LogP contribution in [0, 0.1) is 11.2 Å². The molecule has 0 bridgehead atoms. The second-order valence-electron chi connectivity index (χ2n) is 5.90. The number of hydrogen-bond acceptors (Lipinski definition) is 2. The number of nitrogens with one attached hydrogen (secondary N) is 1. The van der Waals surface area contributed by atoms with Gasteiger partial charge in [0.2, 0.25) is 0 Å². The molecule has 0 radical (unpaired) electrons. The minimum Gasteiger partial charge on any atom is -0.487 e. The van der Waals surface area contributed by atoms with Gasteiger partial charge in [-0.1, -0.05) is 0 Å². The van der Waals surface area contributed by atoms with Gasteiger partial charge >= 0.3 is 6.18 Å². The largest absolute Gasteiger partial charge is 0.487 e. The summed E-state index contributed by atoms with van der Waals surface area (Å²) in [5, 5.41) is 3.27. The Hall–Kier alpha value is -1.30. The van der Waals surface area contributed by atoms with Crippen LogP contribution in [0.5, 0.6) is 5.75 Å². The Labute approximate surface area is 120 Å². The smallest absolute Gasteiger partial charge is 0.416 e. The van der Waals surface area contributed by atoms with Crippen molar-refractivity contribution in [1.82, 2.24) is 5.32 Å². The molecule has 1 aromatic carbocycles. The molecule has 1 aliphatic heterocycles. The molecule has 116 valence electrons. The van der Waals surface area contributed by atoms with Crippen LogP contribution in [0.1, 0.15) is 31.2 Å². The minimum absolute atomic E-state index is 0.0698. The summed E-state index contributed by atoms with van der Waals surface area (Å²) in [5.74, 6) is -1.02. The highest BCUT2D eigenvalue weighted by Crippen LogP contribution is 2.50. The highest BCUT2D eigenvalue weighted by atomic mass is 19.4. The molecule has 2 aliphatic rings. The van der Waals surface area contributed by atoms with E-state index in [-0.39, 0.29) is 17.3 Å². The van der Waals surface area contributed by atoms with E-state index in [4.69, 9.17) is 4.74 Å². The standard InChI is InChI=1S/C15H17F4NO/c16-11-9-10(15(17,18)19)1-2-12(11)21-13-3-4-14(13)5-7-20-8-6-14/h1-2,9,13,20H,3-8H2. The van der Waals surface area contributed by atoms with Crippen LogP contribution >= 0.6 is 0 Å². The highest BCUT2D eigenvalue weighted by Gasteiger charge is 2.49.